The van der Waals surface area contributed by atoms with Gasteiger partial charge < -0.3 is 10.6 Å². The van der Waals surface area contributed by atoms with Crippen molar-refractivity contribution in [2.75, 3.05) is 13.6 Å². The van der Waals surface area contributed by atoms with Gasteiger partial charge in [-0.25, -0.2) is 0 Å². The van der Waals surface area contributed by atoms with Gasteiger partial charge in [-0.05, 0) is 11.0 Å². The van der Waals surface area contributed by atoms with Crippen LogP contribution >= 0.6 is 0 Å². The van der Waals surface area contributed by atoms with Crippen LogP contribution in [-0.2, 0) is 4.79 Å². The van der Waals surface area contributed by atoms with Gasteiger partial charge in [-0.1, -0.05) is 51.1 Å². The number of carbonyl (C=O) groups is 1. The summed E-state index contributed by atoms with van der Waals surface area (Å²) in [5.74, 6) is 0.0984. The molecule has 0 spiro atoms. The van der Waals surface area contributed by atoms with Crippen molar-refractivity contribution in [2.45, 2.75) is 33.2 Å². The summed E-state index contributed by atoms with van der Waals surface area (Å²) in [4.78, 5) is 13.8. The molecular weight excluding hydrogens is 224 g/mol. The molecule has 1 amide bonds. The van der Waals surface area contributed by atoms with E-state index in [0.717, 1.165) is 12.1 Å². The van der Waals surface area contributed by atoms with E-state index in [4.69, 9.17) is 5.73 Å². The first-order chi connectivity index (χ1) is 8.29. The smallest absolute Gasteiger partial charge is 0.224 e. The van der Waals surface area contributed by atoms with Crippen molar-refractivity contribution in [2.24, 2.45) is 11.1 Å². The highest BCUT2D eigenvalue weighted by Crippen LogP contribution is 2.18. The second-order valence-electron chi connectivity index (χ2n) is 6.03. The molecule has 0 saturated heterocycles. The lowest BCUT2D eigenvalue weighted by Crippen LogP contribution is -2.36. The highest BCUT2D eigenvalue weighted by molar-refractivity contribution is 5.76. The average Bonchev–Trinajstić information content (AvgIpc) is 2.27. The highest BCUT2D eigenvalue weighted by Gasteiger charge is 2.19. The molecule has 0 radical (unpaired) electrons. The predicted octanol–water partition coefficient (Wildman–Crippen LogP) is 2.58. The molecule has 1 aromatic carbocycles. The molecule has 0 saturated carbocycles. The van der Waals surface area contributed by atoms with E-state index >= 15 is 0 Å². The number of hydrogen-bond acceptors (Lipinski definition) is 2. The maximum atomic E-state index is 12.1. The predicted molar refractivity (Wildman–Crippen MR) is 75.1 cm³/mol. The van der Waals surface area contributed by atoms with Gasteiger partial charge in [-0.15, -0.1) is 0 Å². The van der Waals surface area contributed by atoms with Crippen LogP contribution in [0.4, 0.5) is 0 Å². The van der Waals surface area contributed by atoms with E-state index in [9.17, 15) is 4.79 Å². The van der Waals surface area contributed by atoms with Gasteiger partial charge in [0.05, 0.1) is 0 Å². The summed E-state index contributed by atoms with van der Waals surface area (Å²) in [6.45, 7) is 7.10. The lowest BCUT2D eigenvalue weighted by molar-refractivity contribution is -0.131. The summed E-state index contributed by atoms with van der Waals surface area (Å²) in [6.07, 6.45) is 0.358. The fourth-order valence-corrected chi connectivity index (χ4v) is 1.96. The Morgan fingerprint density at radius 3 is 2.33 bits per heavy atom. The number of nitrogens with two attached hydrogens (primary N) is 1. The number of amides is 1. The molecule has 1 rings (SSSR count). The summed E-state index contributed by atoms with van der Waals surface area (Å²) in [5, 5.41) is 0. The van der Waals surface area contributed by atoms with Crippen LogP contribution in [0.2, 0.25) is 0 Å². The zero-order valence-corrected chi connectivity index (χ0v) is 11.8. The van der Waals surface area contributed by atoms with Gasteiger partial charge in [0.25, 0.3) is 0 Å². The van der Waals surface area contributed by atoms with Crippen molar-refractivity contribution < 1.29 is 4.79 Å². The van der Waals surface area contributed by atoms with Crippen molar-refractivity contribution in [1.29, 1.82) is 0 Å². The number of nitrogens with zero attached hydrogens (tertiary/aromatic N) is 1. The van der Waals surface area contributed by atoms with Crippen LogP contribution in [0.5, 0.6) is 0 Å². The zero-order chi connectivity index (χ0) is 13.8. The fourth-order valence-electron chi connectivity index (χ4n) is 1.96. The molecule has 1 unspecified atom stereocenters. The van der Waals surface area contributed by atoms with Crippen LogP contribution in [0.25, 0.3) is 0 Å². The first-order valence-electron chi connectivity index (χ1n) is 6.34. The Bertz CT molecular complexity index is 381. The minimum Gasteiger partial charge on any atom is -0.345 e. The van der Waals surface area contributed by atoms with Crippen molar-refractivity contribution in [3.05, 3.63) is 35.9 Å². The molecule has 0 heterocycles. The standard InChI is InChI=1S/C15H24N2O/c1-15(2,3)11-17(4)14(18)10-13(16)12-8-6-5-7-9-12/h5-9,13H,10-11,16H2,1-4H3. The second-order valence-corrected chi connectivity index (χ2v) is 6.03. The SMILES string of the molecule is CN(CC(C)(C)C)C(=O)CC(N)c1ccccc1. The topological polar surface area (TPSA) is 46.3 Å². The Morgan fingerprint density at radius 1 is 1.28 bits per heavy atom. The van der Waals surface area contributed by atoms with Gasteiger partial charge in [-0.3, -0.25) is 4.79 Å². The summed E-state index contributed by atoms with van der Waals surface area (Å²) in [5.41, 5.74) is 7.17. The molecule has 0 aromatic heterocycles. The van der Waals surface area contributed by atoms with Gasteiger partial charge in [-0.2, -0.15) is 0 Å². The number of rotatable bonds is 4. The van der Waals surface area contributed by atoms with Crippen LogP contribution in [0.15, 0.2) is 30.3 Å². The Hall–Kier alpha value is -1.35. The van der Waals surface area contributed by atoms with Crippen LogP contribution in [0.1, 0.15) is 38.8 Å². The minimum absolute atomic E-state index is 0.0984. The molecule has 0 bridgehead atoms. The average molecular weight is 248 g/mol. The Kier molecular flexibility index (Phi) is 4.91. The first-order valence-corrected chi connectivity index (χ1v) is 6.34. The van der Waals surface area contributed by atoms with Crippen LogP contribution in [0, 0.1) is 5.41 Å². The summed E-state index contributed by atoms with van der Waals surface area (Å²) in [7, 11) is 1.84. The molecule has 3 nitrogen and oxygen atoms in total. The molecule has 0 aliphatic rings. The lowest BCUT2D eigenvalue weighted by atomic mass is 9.96. The van der Waals surface area contributed by atoms with E-state index in [-0.39, 0.29) is 17.4 Å². The molecule has 1 aromatic rings. The molecule has 2 N–H and O–H groups in total. The second kappa shape index (κ2) is 6.01. The molecule has 100 valence electrons. The first kappa shape index (κ1) is 14.7. The zero-order valence-electron chi connectivity index (χ0n) is 11.8. The summed E-state index contributed by atoms with van der Waals surface area (Å²) >= 11 is 0. The van der Waals surface area contributed by atoms with Crippen molar-refractivity contribution in [1.82, 2.24) is 4.90 Å². The molecule has 0 aliphatic heterocycles. The summed E-state index contributed by atoms with van der Waals surface area (Å²) < 4.78 is 0. The number of carbonyl (C=O) groups excluding carboxylic acids is 1. The normalized spacial score (nSPS) is 13.2. The van der Waals surface area contributed by atoms with Crippen LogP contribution in [0.3, 0.4) is 0 Å². The molecule has 3 heteroatoms. The molecule has 0 aliphatic carbocycles. The fraction of sp³-hybridized carbons (Fsp3) is 0.533. The van der Waals surface area contributed by atoms with E-state index in [0.29, 0.717) is 6.42 Å². The summed E-state index contributed by atoms with van der Waals surface area (Å²) in [6, 6.07) is 9.53. The van der Waals surface area contributed by atoms with E-state index < -0.39 is 0 Å². The maximum absolute atomic E-state index is 12.1. The van der Waals surface area contributed by atoms with E-state index in [2.05, 4.69) is 20.8 Å². The third kappa shape index (κ3) is 4.88. The van der Waals surface area contributed by atoms with Gasteiger partial charge >= 0.3 is 0 Å². The molecular formula is C15H24N2O. The van der Waals surface area contributed by atoms with Crippen LogP contribution < -0.4 is 5.73 Å². The number of hydrogen-bond donors (Lipinski definition) is 1. The van der Waals surface area contributed by atoms with Crippen molar-refractivity contribution in [3.8, 4) is 0 Å². The van der Waals surface area contributed by atoms with E-state index in [1.807, 2.05) is 37.4 Å². The Labute approximate surface area is 110 Å². The van der Waals surface area contributed by atoms with Gasteiger partial charge in [0.15, 0.2) is 0 Å². The Morgan fingerprint density at radius 2 is 1.83 bits per heavy atom. The van der Waals surface area contributed by atoms with Crippen LogP contribution in [-0.4, -0.2) is 24.4 Å². The Balaban J connectivity index is 2.55. The molecule has 1 atom stereocenters. The molecule has 0 fully saturated rings. The molecule has 18 heavy (non-hydrogen) atoms. The quantitative estimate of drug-likeness (QED) is 0.890. The van der Waals surface area contributed by atoms with Gasteiger partial charge in [0.2, 0.25) is 5.91 Å². The monoisotopic (exact) mass is 248 g/mol. The third-order valence-electron chi connectivity index (χ3n) is 2.76. The minimum atomic E-state index is -0.221. The number of benzene rings is 1. The van der Waals surface area contributed by atoms with Gasteiger partial charge in [0, 0.05) is 26.1 Å². The van der Waals surface area contributed by atoms with E-state index in [1.54, 1.807) is 4.90 Å². The highest BCUT2D eigenvalue weighted by atomic mass is 16.2. The third-order valence-corrected chi connectivity index (χ3v) is 2.76. The van der Waals surface area contributed by atoms with Crippen molar-refractivity contribution >= 4 is 5.91 Å². The maximum Gasteiger partial charge on any atom is 0.224 e. The van der Waals surface area contributed by atoms with E-state index in [1.165, 1.54) is 0 Å². The lowest BCUT2D eigenvalue weighted by Gasteiger charge is -2.27. The van der Waals surface area contributed by atoms with Crippen molar-refractivity contribution in [3.63, 3.8) is 0 Å². The van der Waals surface area contributed by atoms with Gasteiger partial charge in [0.1, 0.15) is 0 Å². The largest absolute Gasteiger partial charge is 0.345 e.